The molecule has 0 heterocycles. The zero-order valence-electron chi connectivity index (χ0n) is 30.7. The molecule has 0 N–H and O–H groups in total. The normalized spacial score (nSPS) is 13.8. The van der Waals surface area contributed by atoms with E-state index in [1.54, 1.807) is 0 Å². The van der Waals surface area contributed by atoms with Crippen molar-refractivity contribution in [2.45, 2.75) is 19.3 Å². The van der Waals surface area contributed by atoms with Crippen molar-refractivity contribution in [2.24, 2.45) is 0 Å². The van der Waals surface area contributed by atoms with Crippen LogP contribution < -0.4 is 0 Å². The minimum Gasteiger partial charge on any atom is -0.0619 e. The molecule has 2 aliphatic rings. The molecule has 0 fully saturated rings. The van der Waals surface area contributed by atoms with E-state index in [2.05, 4.69) is 184 Å². The lowest BCUT2D eigenvalue weighted by Crippen LogP contribution is -2.14. The van der Waals surface area contributed by atoms with Gasteiger partial charge in [-0.25, -0.2) is 0 Å². The number of hydrogen-bond acceptors (Lipinski definition) is 0. The third kappa shape index (κ3) is 3.67. The van der Waals surface area contributed by atoms with Crippen LogP contribution in [-0.4, -0.2) is 0 Å². The van der Waals surface area contributed by atoms with Crippen LogP contribution in [0, 0.1) is 0 Å². The zero-order valence-corrected chi connectivity index (χ0v) is 30.7. The third-order valence-electron chi connectivity index (χ3n) is 13.3. The van der Waals surface area contributed by atoms with Crippen molar-refractivity contribution in [3.05, 3.63) is 181 Å². The van der Waals surface area contributed by atoms with Crippen LogP contribution in [-0.2, 0) is 5.41 Å². The highest BCUT2D eigenvalue weighted by molar-refractivity contribution is 6.36. The first-order chi connectivity index (χ1) is 27.1. The van der Waals surface area contributed by atoms with E-state index in [1.165, 1.54) is 131 Å². The van der Waals surface area contributed by atoms with Crippen molar-refractivity contribution in [1.82, 2.24) is 0 Å². The molecule has 254 valence electrons. The standard InChI is InChI=1S/C55H34/c1-55(2)48-22-6-5-13-34(48)35-25-23-33(30-49(35)55)32-24-26-45-47(29-32)42-20-10-21-46-52(38-14-3-4-15-41(38)53(45)54(42)46)44-28-27-43-37-17-8-12-31-11-7-16-36(50(31)37)39-18-9-19-40(44)51(39)43/h3-30H,1-2H3. The third-order valence-corrected chi connectivity index (χ3v) is 13.3. The van der Waals surface area contributed by atoms with Crippen LogP contribution in [0.1, 0.15) is 25.0 Å². The second-order valence-corrected chi connectivity index (χ2v) is 16.3. The Morgan fingerprint density at radius 1 is 0.291 bits per heavy atom. The average molecular weight is 695 g/mol. The Morgan fingerprint density at radius 2 is 0.836 bits per heavy atom. The molecule has 13 rings (SSSR count). The van der Waals surface area contributed by atoms with Crippen LogP contribution in [0.3, 0.4) is 0 Å². The Kier molecular flexibility index (Phi) is 5.53. The molecule has 0 nitrogen and oxygen atoms in total. The number of fused-ring (bicyclic) bond motifs is 10. The molecule has 0 radical (unpaired) electrons. The van der Waals surface area contributed by atoms with Crippen LogP contribution in [0.5, 0.6) is 0 Å². The molecule has 0 saturated heterocycles. The lowest BCUT2D eigenvalue weighted by atomic mass is 9.81. The molecule has 0 aliphatic heterocycles. The van der Waals surface area contributed by atoms with Crippen molar-refractivity contribution in [1.29, 1.82) is 0 Å². The van der Waals surface area contributed by atoms with Gasteiger partial charge < -0.3 is 0 Å². The maximum Gasteiger partial charge on any atom is 0.0159 e. The fourth-order valence-electron chi connectivity index (χ4n) is 10.9. The molecule has 0 atom stereocenters. The fraction of sp³-hybridized carbons (Fsp3) is 0.0545. The van der Waals surface area contributed by atoms with E-state index in [0.29, 0.717) is 0 Å². The summed E-state index contributed by atoms with van der Waals surface area (Å²) < 4.78 is 0. The van der Waals surface area contributed by atoms with Crippen LogP contribution >= 0.6 is 0 Å². The molecule has 0 amide bonds. The molecular weight excluding hydrogens is 661 g/mol. The first-order valence-electron chi connectivity index (χ1n) is 19.5. The van der Waals surface area contributed by atoms with E-state index in [9.17, 15) is 0 Å². The van der Waals surface area contributed by atoms with Crippen molar-refractivity contribution in [2.75, 3.05) is 0 Å². The van der Waals surface area contributed by atoms with Gasteiger partial charge in [0, 0.05) is 5.41 Å². The number of hydrogen-bond donors (Lipinski definition) is 0. The van der Waals surface area contributed by atoms with Crippen LogP contribution in [0.15, 0.2) is 170 Å². The maximum absolute atomic E-state index is 2.45. The van der Waals surface area contributed by atoms with Gasteiger partial charge in [0.05, 0.1) is 0 Å². The van der Waals surface area contributed by atoms with Gasteiger partial charge in [-0.15, -0.1) is 0 Å². The summed E-state index contributed by atoms with van der Waals surface area (Å²) in [5.41, 5.74) is 16.0. The number of rotatable bonds is 2. The van der Waals surface area contributed by atoms with E-state index in [-0.39, 0.29) is 5.41 Å². The first-order valence-corrected chi connectivity index (χ1v) is 19.5. The SMILES string of the molecule is CC1(C)c2ccccc2-c2ccc(-c3ccc4c(c3)-c3cccc5c(-c6ccc7c8cccc9cccc(c%10cccc6c%107)c98)c6ccccc6c-4c35)cc21. The quantitative estimate of drug-likeness (QED) is 0.125. The molecule has 0 heteroatoms. The Bertz CT molecular complexity index is 3450. The van der Waals surface area contributed by atoms with Gasteiger partial charge in [-0.1, -0.05) is 172 Å². The Morgan fingerprint density at radius 3 is 1.65 bits per heavy atom. The molecule has 0 unspecified atom stereocenters. The predicted molar refractivity (Wildman–Crippen MR) is 236 cm³/mol. The topological polar surface area (TPSA) is 0 Å². The van der Waals surface area contributed by atoms with Gasteiger partial charge in [0.15, 0.2) is 0 Å². The van der Waals surface area contributed by atoms with Crippen molar-refractivity contribution >= 4 is 64.6 Å². The molecule has 55 heavy (non-hydrogen) atoms. The van der Waals surface area contributed by atoms with E-state index < -0.39 is 0 Å². The summed E-state index contributed by atoms with van der Waals surface area (Å²) in [6.07, 6.45) is 0. The smallest absolute Gasteiger partial charge is 0.0159 e. The summed E-state index contributed by atoms with van der Waals surface area (Å²) in [5, 5.41) is 15.9. The Hall–Kier alpha value is -6.76. The number of benzene rings is 11. The molecule has 11 aromatic rings. The van der Waals surface area contributed by atoms with Gasteiger partial charge in [-0.3, -0.25) is 0 Å². The second kappa shape index (κ2) is 10.3. The molecule has 0 aromatic heterocycles. The highest BCUT2D eigenvalue weighted by Gasteiger charge is 2.35. The summed E-state index contributed by atoms with van der Waals surface area (Å²) in [7, 11) is 0. The highest BCUT2D eigenvalue weighted by Crippen LogP contribution is 2.56. The predicted octanol–water partition coefficient (Wildman–Crippen LogP) is 15.3. The molecule has 0 saturated carbocycles. The van der Waals surface area contributed by atoms with Gasteiger partial charge in [0.25, 0.3) is 0 Å². The lowest BCUT2D eigenvalue weighted by molar-refractivity contribution is 0.660. The van der Waals surface area contributed by atoms with Crippen molar-refractivity contribution < 1.29 is 0 Å². The second-order valence-electron chi connectivity index (χ2n) is 16.3. The van der Waals surface area contributed by atoms with E-state index in [4.69, 9.17) is 0 Å². The Balaban J connectivity index is 1.06. The van der Waals surface area contributed by atoms with Crippen LogP contribution in [0.2, 0.25) is 0 Å². The largest absolute Gasteiger partial charge is 0.0619 e. The summed E-state index contributed by atoms with van der Waals surface area (Å²) in [6.45, 7) is 4.74. The lowest BCUT2D eigenvalue weighted by Gasteiger charge is -2.22. The highest BCUT2D eigenvalue weighted by atomic mass is 14.4. The summed E-state index contributed by atoms with van der Waals surface area (Å²) in [5.74, 6) is 0. The van der Waals surface area contributed by atoms with Crippen LogP contribution in [0.4, 0.5) is 0 Å². The van der Waals surface area contributed by atoms with Gasteiger partial charge in [-0.2, -0.15) is 0 Å². The monoisotopic (exact) mass is 694 g/mol. The Labute approximate surface area is 319 Å². The molecule has 0 spiro atoms. The molecular formula is C55H34. The average Bonchev–Trinajstić information content (AvgIpc) is 3.69. The summed E-state index contributed by atoms with van der Waals surface area (Å²) >= 11 is 0. The van der Waals surface area contributed by atoms with Gasteiger partial charge >= 0.3 is 0 Å². The zero-order chi connectivity index (χ0) is 36.2. The van der Waals surface area contributed by atoms with Gasteiger partial charge in [0.2, 0.25) is 0 Å². The fourth-order valence-corrected chi connectivity index (χ4v) is 10.9. The molecule has 2 aliphatic carbocycles. The summed E-state index contributed by atoms with van der Waals surface area (Å²) in [4.78, 5) is 0. The van der Waals surface area contributed by atoms with Crippen molar-refractivity contribution in [3.63, 3.8) is 0 Å². The van der Waals surface area contributed by atoms with E-state index in [1.807, 2.05) is 0 Å². The van der Waals surface area contributed by atoms with E-state index in [0.717, 1.165) is 0 Å². The van der Waals surface area contributed by atoms with Crippen molar-refractivity contribution in [3.8, 4) is 55.6 Å². The minimum atomic E-state index is -0.0334. The summed E-state index contributed by atoms with van der Waals surface area (Å²) in [6, 6.07) is 64.5. The van der Waals surface area contributed by atoms with Crippen LogP contribution in [0.25, 0.3) is 120 Å². The van der Waals surface area contributed by atoms with Gasteiger partial charge in [0.1, 0.15) is 0 Å². The minimum absolute atomic E-state index is 0.0334. The first kappa shape index (κ1) is 29.7. The molecule has 11 aromatic carbocycles. The van der Waals surface area contributed by atoms with E-state index >= 15 is 0 Å². The van der Waals surface area contributed by atoms with Gasteiger partial charge in [-0.05, 0) is 144 Å². The maximum atomic E-state index is 2.45. The molecule has 0 bridgehead atoms.